The lowest BCUT2D eigenvalue weighted by Crippen LogP contribution is -2.38. The average Bonchev–Trinajstić information content (AvgIpc) is 3.14. The van der Waals surface area contributed by atoms with Gasteiger partial charge in [-0.1, -0.05) is 55.3 Å². The van der Waals surface area contributed by atoms with Gasteiger partial charge in [-0.2, -0.15) is 0 Å². The predicted molar refractivity (Wildman–Crippen MR) is 123 cm³/mol. The van der Waals surface area contributed by atoms with E-state index in [1.807, 2.05) is 0 Å². The van der Waals surface area contributed by atoms with E-state index >= 15 is 0 Å². The molecule has 4 atom stereocenters. The maximum absolute atomic E-state index is 10.8. The molecule has 2 aromatic rings. The van der Waals surface area contributed by atoms with Gasteiger partial charge in [0.2, 0.25) is 0 Å². The van der Waals surface area contributed by atoms with E-state index in [9.17, 15) is 5.11 Å². The Morgan fingerprint density at radius 3 is 2.54 bits per heavy atom. The molecule has 28 heavy (non-hydrogen) atoms. The molecule has 2 aliphatic rings. The van der Waals surface area contributed by atoms with E-state index in [4.69, 9.17) is 0 Å². The van der Waals surface area contributed by atoms with Crippen LogP contribution in [0.1, 0.15) is 43.6 Å². The number of likely N-dealkylation sites (tertiary alicyclic amines) is 1. The molecule has 0 spiro atoms. The molecular weight excluding hydrogens is 391 g/mol. The Bertz CT molecular complexity index is 736. The molecule has 1 saturated carbocycles. The fourth-order valence-electron chi connectivity index (χ4n) is 5.16. The zero-order chi connectivity index (χ0) is 17.9. The standard InChI is InChI=1S/C23H32N2O.2ClH/c1-24-18-13-14-25(15-18)16-22(21-10-4-5-12-23(21)26)20-11-6-8-17-7-2-3-9-19(17)20;;/h2-3,6-9,11,18,21-24,26H,4-5,10,12-16H2,1H3;2*1H/t18-,21?,22?,23?;;/m0../s1. The van der Waals surface area contributed by atoms with Gasteiger partial charge in [0.05, 0.1) is 6.10 Å². The number of likely N-dealkylation sites (N-methyl/N-ethyl adjacent to an activating group) is 1. The molecule has 0 amide bonds. The highest BCUT2D eigenvalue weighted by molar-refractivity contribution is 5.86. The Balaban J connectivity index is 0.00000140. The molecule has 1 aliphatic carbocycles. The van der Waals surface area contributed by atoms with Crippen molar-refractivity contribution in [1.82, 2.24) is 10.2 Å². The lowest BCUT2D eigenvalue weighted by Gasteiger charge is -2.37. The van der Waals surface area contributed by atoms with Crippen LogP contribution in [-0.4, -0.2) is 48.8 Å². The minimum atomic E-state index is -0.157. The third-order valence-electron chi connectivity index (χ3n) is 6.66. The summed E-state index contributed by atoms with van der Waals surface area (Å²) in [5, 5.41) is 16.9. The molecule has 5 heteroatoms. The van der Waals surface area contributed by atoms with E-state index in [0.717, 1.165) is 32.5 Å². The van der Waals surface area contributed by atoms with Gasteiger partial charge in [-0.3, -0.25) is 0 Å². The lowest BCUT2D eigenvalue weighted by atomic mass is 9.74. The first kappa shape index (κ1) is 23.4. The molecule has 1 aliphatic heterocycles. The Kier molecular flexibility index (Phi) is 9.04. The summed E-state index contributed by atoms with van der Waals surface area (Å²) < 4.78 is 0. The van der Waals surface area contributed by atoms with Crippen molar-refractivity contribution in [2.45, 2.75) is 50.2 Å². The second kappa shape index (κ2) is 10.8. The van der Waals surface area contributed by atoms with E-state index in [1.165, 1.54) is 35.6 Å². The van der Waals surface area contributed by atoms with Crippen molar-refractivity contribution >= 4 is 35.6 Å². The summed E-state index contributed by atoms with van der Waals surface area (Å²) in [5.41, 5.74) is 1.43. The number of aliphatic hydroxyl groups is 1. The Morgan fingerprint density at radius 2 is 1.79 bits per heavy atom. The molecule has 2 N–H and O–H groups in total. The van der Waals surface area contributed by atoms with Crippen molar-refractivity contribution in [2.75, 3.05) is 26.7 Å². The smallest absolute Gasteiger partial charge is 0.0574 e. The summed E-state index contributed by atoms with van der Waals surface area (Å²) in [6, 6.07) is 16.1. The molecule has 0 bridgehead atoms. The van der Waals surface area contributed by atoms with Gasteiger partial charge >= 0.3 is 0 Å². The molecule has 156 valence electrons. The fourth-order valence-corrected chi connectivity index (χ4v) is 5.16. The maximum atomic E-state index is 10.8. The van der Waals surface area contributed by atoms with Crippen LogP contribution in [0, 0.1) is 5.92 Å². The van der Waals surface area contributed by atoms with Crippen LogP contribution in [0.3, 0.4) is 0 Å². The predicted octanol–water partition coefficient (Wildman–Crippen LogP) is 4.61. The van der Waals surface area contributed by atoms with Gasteiger partial charge in [0, 0.05) is 25.0 Å². The number of benzene rings is 2. The molecule has 1 heterocycles. The minimum absolute atomic E-state index is 0. The van der Waals surface area contributed by atoms with E-state index in [1.54, 1.807) is 0 Å². The van der Waals surface area contributed by atoms with Crippen LogP contribution in [-0.2, 0) is 0 Å². The van der Waals surface area contributed by atoms with Crippen LogP contribution in [0.25, 0.3) is 10.8 Å². The summed E-state index contributed by atoms with van der Waals surface area (Å²) in [5.74, 6) is 0.787. The summed E-state index contributed by atoms with van der Waals surface area (Å²) in [7, 11) is 2.07. The topological polar surface area (TPSA) is 35.5 Å². The highest BCUT2D eigenvalue weighted by Gasteiger charge is 2.34. The van der Waals surface area contributed by atoms with Gasteiger partial charge in [-0.15, -0.1) is 24.8 Å². The molecule has 0 radical (unpaired) electrons. The first-order valence-electron chi connectivity index (χ1n) is 10.3. The van der Waals surface area contributed by atoms with Crippen molar-refractivity contribution in [3.05, 3.63) is 48.0 Å². The molecule has 4 rings (SSSR count). The normalized spacial score (nSPS) is 26.4. The van der Waals surface area contributed by atoms with Crippen molar-refractivity contribution in [3.8, 4) is 0 Å². The number of nitrogens with zero attached hydrogens (tertiary/aromatic N) is 1. The van der Waals surface area contributed by atoms with Crippen molar-refractivity contribution in [1.29, 1.82) is 0 Å². The number of hydrogen-bond donors (Lipinski definition) is 2. The van der Waals surface area contributed by atoms with E-state index in [-0.39, 0.29) is 30.9 Å². The lowest BCUT2D eigenvalue weighted by molar-refractivity contribution is 0.0478. The van der Waals surface area contributed by atoms with Crippen LogP contribution in [0.2, 0.25) is 0 Å². The fraction of sp³-hybridized carbons (Fsp3) is 0.565. The van der Waals surface area contributed by atoms with Crippen molar-refractivity contribution in [2.24, 2.45) is 5.92 Å². The largest absolute Gasteiger partial charge is 0.393 e. The van der Waals surface area contributed by atoms with Crippen LogP contribution < -0.4 is 5.32 Å². The molecule has 2 aromatic carbocycles. The molecule has 3 unspecified atom stereocenters. The number of fused-ring (bicyclic) bond motifs is 1. The van der Waals surface area contributed by atoms with Gasteiger partial charge < -0.3 is 15.3 Å². The number of aliphatic hydroxyl groups excluding tert-OH is 1. The van der Waals surface area contributed by atoms with Crippen LogP contribution in [0.4, 0.5) is 0 Å². The molecule has 2 fully saturated rings. The SMILES string of the molecule is CN[C@H]1CCN(CC(c2cccc3ccccc23)C2CCCCC2O)C1.Cl.Cl. The zero-order valence-corrected chi connectivity index (χ0v) is 18.4. The number of halogens is 2. The number of nitrogens with one attached hydrogen (secondary N) is 1. The maximum Gasteiger partial charge on any atom is 0.0574 e. The number of rotatable bonds is 5. The summed E-state index contributed by atoms with van der Waals surface area (Å²) in [6.45, 7) is 3.35. The highest BCUT2D eigenvalue weighted by Crippen LogP contribution is 2.39. The van der Waals surface area contributed by atoms with E-state index in [2.05, 4.69) is 59.7 Å². The monoisotopic (exact) mass is 424 g/mol. The summed E-state index contributed by atoms with van der Waals surface area (Å²) in [6.07, 6.45) is 5.61. The zero-order valence-electron chi connectivity index (χ0n) is 16.7. The van der Waals surface area contributed by atoms with Crippen LogP contribution in [0.5, 0.6) is 0 Å². The van der Waals surface area contributed by atoms with Gasteiger partial charge in [0.25, 0.3) is 0 Å². The van der Waals surface area contributed by atoms with Crippen molar-refractivity contribution in [3.63, 3.8) is 0 Å². The Labute approximate surface area is 181 Å². The van der Waals surface area contributed by atoms with Gasteiger partial charge in [-0.25, -0.2) is 0 Å². The van der Waals surface area contributed by atoms with Crippen LogP contribution >= 0.6 is 24.8 Å². The highest BCUT2D eigenvalue weighted by atomic mass is 35.5. The average molecular weight is 425 g/mol. The van der Waals surface area contributed by atoms with Crippen LogP contribution in [0.15, 0.2) is 42.5 Å². The summed E-state index contributed by atoms with van der Waals surface area (Å²) in [4.78, 5) is 2.61. The molecular formula is C23H34Cl2N2O. The van der Waals surface area contributed by atoms with E-state index < -0.39 is 0 Å². The number of hydrogen-bond acceptors (Lipinski definition) is 3. The van der Waals surface area contributed by atoms with E-state index in [0.29, 0.717) is 17.9 Å². The van der Waals surface area contributed by atoms with Crippen molar-refractivity contribution < 1.29 is 5.11 Å². The quantitative estimate of drug-likeness (QED) is 0.734. The van der Waals surface area contributed by atoms with Gasteiger partial charge in [0.1, 0.15) is 0 Å². The Morgan fingerprint density at radius 1 is 1.04 bits per heavy atom. The summed E-state index contributed by atoms with van der Waals surface area (Å²) >= 11 is 0. The second-order valence-electron chi connectivity index (χ2n) is 8.22. The molecule has 0 aromatic heterocycles. The second-order valence-corrected chi connectivity index (χ2v) is 8.22. The first-order valence-corrected chi connectivity index (χ1v) is 10.3. The first-order chi connectivity index (χ1) is 12.8. The van der Waals surface area contributed by atoms with Gasteiger partial charge in [0.15, 0.2) is 0 Å². The van der Waals surface area contributed by atoms with Gasteiger partial charge in [-0.05, 0) is 55.1 Å². The third kappa shape index (κ3) is 5.01. The Hall–Kier alpha value is -0.840. The molecule has 1 saturated heterocycles. The minimum Gasteiger partial charge on any atom is -0.393 e. The molecule has 3 nitrogen and oxygen atoms in total. The third-order valence-corrected chi connectivity index (χ3v) is 6.66.